The third kappa shape index (κ3) is 2.62. The van der Waals surface area contributed by atoms with Crippen molar-refractivity contribution >= 4 is 0 Å². The Morgan fingerprint density at radius 3 is 2.25 bits per heavy atom. The zero-order valence-electron chi connectivity index (χ0n) is 11.9. The van der Waals surface area contributed by atoms with Gasteiger partial charge >= 0.3 is 0 Å². The Bertz CT molecular complexity index is 554. The Morgan fingerprint density at radius 2 is 1.60 bits per heavy atom. The highest BCUT2D eigenvalue weighted by Gasteiger charge is 2.41. The van der Waals surface area contributed by atoms with Crippen LogP contribution < -0.4 is 5.32 Å². The molecule has 3 rings (SSSR count). The number of rotatable bonds is 2. The Kier molecular flexibility index (Phi) is 3.60. The molecule has 2 aromatic rings. The number of hydrogen-bond donors (Lipinski definition) is 2. The van der Waals surface area contributed by atoms with Gasteiger partial charge in [0.1, 0.15) is 11.6 Å². The summed E-state index contributed by atoms with van der Waals surface area (Å²) in [6.45, 7) is 2.24. The van der Waals surface area contributed by atoms with Gasteiger partial charge in [-0.15, -0.1) is 0 Å². The van der Waals surface area contributed by atoms with Crippen LogP contribution in [0.2, 0.25) is 0 Å². The average Bonchev–Trinajstić information content (AvgIpc) is 2.48. The minimum absolute atomic E-state index is 0.0561. The van der Waals surface area contributed by atoms with Crippen LogP contribution in [0.25, 0.3) is 0 Å². The van der Waals surface area contributed by atoms with Crippen LogP contribution in [0.5, 0.6) is 0 Å². The summed E-state index contributed by atoms with van der Waals surface area (Å²) < 4.78 is 0. The molecule has 0 spiro atoms. The van der Waals surface area contributed by atoms with Gasteiger partial charge in [0, 0.05) is 24.0 Å². The molecule has 0 saturated carbocycles. The van der Waals surface area contributed by atoms with Crippen LogP contribution >= 0.6 is 0 Å². The standard InChI is InChI=1S/C18H21NO/c1-18(15-10-6-3-7-11-15)13-16(20)12-17(19-18)14-8-4-2-5-9-14/h2-11,16-17,19-20H,12-13H2,1H3/p+1/t16-,17+,18-/m0/s1. The van der Waals surface area contributed by atoms with Crippen molar-refractivity contribution in [1.82, 2.24) is 0 Å². The lowest BCUT2D eigenvalue weighted by molar-refractivity contribution is -0.780. The van der Waals surface area contributed by atoms with E-state index in [9.17, 15) is 5.11 Å². The number of nitrogens with two attached hydrogens (primary N) is 1. The van der Waals surface area contributed by atoms with Crippen molar-refractivity contribution in [3.63, 3.8) is 0 Å². The van der Waals surface area contributed by atoms with Gasteiger partial charge in [-0.05, 0) is 6.92 Å². The van der Waals surface area contributed by atoms with Gasteiger partial charge in [0.25, 0.3) is 0 Å². The first kappa shape index (κ1) is 13.3. The highest BCUT2D eigenvalue weighted by Crippen LogP contribution is 2.31. The molecule has 0 unspecified atom stereocenters. The summed E-state index contributed by atoms with van der Waals surface area (Å²) in [7, 11) is 0. The van der Waals surface area contributed by atoms with Crippen molar-refractivity contribution in [3.8, 4) is 0 Å². The van der Waals surface area contributed by atoms with Crippen molar-refractivity contribution in [2.45, 2.75) is 37.5 Å². The van der Waals surface area contributed by atoms with E-state index in [1.165, 1.54) is 11.1 Å². The molecule has 1 aliphatic heterocycles. The van der Waals surface area contributed by atoms with Gasteiger partial charge in [0.05, 0.1) is 6.10 Å². The molecule has 0 aromatic heterocycles. The number of piperidine rings is 1. The molecule has 1 aliphatic rings. The third-order valence-corrected chi connectivity index (χ3v) is 4.42. The molecule has 0 radical (unpaired) electrons. The summed E-state index contributed by atoms with van der Waals surface area (Å²) in [5.74, 6) is 0. The van der Waals surface area contributed by atoms with Crippen molar-refractivity contribution < 1.29 is 10.4 Å². The number of hydrogen-bond acceptors (Lipinski definition) is 1. The van der Waals surface area contributed by atoms with Crippen molar-refractivity contribution in [2.24, 2.45) is 0 Å². The quantitative estimate of drug-likeness (QED) is 0.862. The van der Waals surface area contributed by atoms with E-state index in [-0.39, 0.29) is 11.6 Å². The third-order valence-electron chi connectivity index (χ3n) is 4.42. The van der Waals surface area contributed by atoms with Crippen molar-refractivity contribution in [1.29, 1.82) is 0 Å². The normalized spacial score (nSPS) is 30.1. The Balaban J connectivity index is 1.90. The lowest BCUT2D eigenvalue weighted by Crippen LogP contribution is -2.97. The molecule has 0 bridgehead atoms. The minimum Gasteiger partial charge on any atom is -0.393 e. The number of aliphatic hydroxyl groups is 1. The fourth-order valence-corrected chi connectivity index (χ4v) is 3.41. The summed E-state index contributed by atoms with van der Waals surface area (Å²) in [6.07, 6.45) is 1.39. The largest absolute Gasteiger partial charge is 0.393 e. The molecule has 2 nitrogen and oxygen atoms in total. The van der Waals surface area contributed by atoms with Gasteiger partial charge in [0.2, 0.25) is 0 Å². The summed E-state index contributed by atoms with van der Waals surface area (Å²) >= 11 is 0. The van der Waals surface area contributed by atoms with E-state index < -0.39 is 0 Å². The van der Waals surface area contributed by atoms with E-state index >= 15 is 0 Å². The van der Waals surface area contributed by atoms with Crippen molar-refractivity contribution in [2.75, 3.05) is 0 Å². The van der Waals surface area contributed by atoms with Crippen LogP contribution in [0.1, 0.15) is 36.9 Å². The predicted molar refractivity (Wildman–Crippen MR) is 80.1 cm³/mol. The van der Waals surface area contributed by atoms with Crippen LogP contribution in [-0.2, 0) is 5.54 Å². The average molecular weight is 268 g/mol. The predicted octanol–water partition coefficient (Wildman–Crippen LogP) is 2.36. The van der Waals surface area contributed by atoms with Crippen LogP contribution in [0, 0.1) is 0 Å². The fraction of sp³-hybridized carbons (Fsp3) is 0.333. The molecule has 20 heavy (non-hydrogen) atoms. The molecule has 1 heterocycles. The number of aliphatic hydroxyl groups excluding tert-OH is 1. The maximum absolute atomic E-state index is 10.3. The molecule has 3 atom stereocenters. The minimum atomic E-state index is -0.240. The molecule has 104 valence electrons. The monoisotopic (exact) mass is 268 g/mol. The first-order valence-corrected chi connectivity index (χ1v) is 7.32. The Hall–Kier alpha value is -1.64. The molecular formula is C18H22NO+. The molecular weight excluding hydrogens is 246 g/mol. The molecule has 2 aromatic carbocycles. The van der Waals surface area contributed by atoms with E-state index in [0.29, 0.717) is 6.04 Å². The van der Waals surface area contributed by atoms with Gasteiger partial charge < -0.3 is 10.4 Å². The van der Waals surface area contributed by atoms with Gasteiger partial charge in [-0.25, -0.2) is 0 Å². The van der Waals surface area contributed by atoms with E-state index in [1.54, 1.807) is 0 Å². The number of quaternary nitrogens is 1. The summed E-state index contributed by atoms with van der Waals surface area (Å²) in [4.78, 5) is 0. The molecule has 3 N–H and O–H groups in total. The highest BCUT2D eigenvalue weighted by atomic mass is 16.3. The van der Waals surface area contributed by atoms with Crippen LogP contribution in [0.15, 0.2) is 60.7 Å². The second kappa shape index (κ2) is 5.39. The summed E-state index contributed by atoms with van der Waals surface area (Å²) in [5.41, 5.74) is 2.53. The van der Waals surface area contributed by atoms with Crippen molar-refractivity contribution in [3.05, 3.63) is 71.8 Å². The fourth-order valence-electron chi connectivity index (χ4n) is 3.41. The van der Waals surface area contributed by atoms with Crippen LogP contribution in [0.4, 0.5) is 0 Å². The zero-order chi connectivity index (χ0) is 14.0. The molecule has 1 saturated heterocycles. The first-order valence-electron chi connectivity index (χ1n) is 7.32. The zero-order valence-corrected chi connectivity index (χ0v) is 11.9. The van der Waals surface area contributed by atoms with Gasteiger partial charge in [-0.2, -0.15) is 0 Å². The van der Waals surface area contributed by atoms with Crippen LogP contribution in [-0.4, -0.2) is 11.2 Å². The topological polar surface area (TPSA) is 36.8 Å². The molecule has 0 amide bonds. The second-order valence-corrected chi connectivity index (χ2v) is 6.06. The van der Waals surface area contributed by atoms with Crippen LogP contribution in [0.3, 0.4) is 0 Å². The van der Waals surface area contributed by atoms with E-state index in [0.717, 1.165) is 12.8 Å². The molecule has 0 aliphatic carbocycles. The SMILES string of the molecule is C[C@@]1(c2ccccc2)C[C@@H](O)C[C@H](c2ccccc2)[NH2+]1. The smallest absolute Gasteiger partial charge is 0.122 e. The van der Waals surface area contributed by atoms with Gasteiger partial charge in [-0.3, -0.25) is 0 Å². The van der Waals surface area contributed by atoms with E-state index in [4.69, 9.17) is 0 Å². The van der Waals surface area contributed by atoms with Gasteiger partial charge in [0.15, 0.2) is 0 Å². The maximum atomic E-state index is 10.3. The van der Waals surface area contributed by atoms with Gasteiger partial charge in [-0.1, -0.05) is 60.7 Å². The maximum Gasteiger partial charge on any atom is 0.122 e. The summed E-state index contributed by atoms with van der Waals surface area (Å²) in [5, 5.41) is 12.7. The van der Waals surface area contributed by atoms with E-state index in [2.05, 4.69) is 60.8 Å². The Morgan fingerprint density at radius 1 is 1.00 bits per heavy atom. The first-order chi connectivity index (χ1) is 9.67. The lowest BCUT2D eigenvalue weighted by atomic mass is 9.79. The summed E-state index contributed by atoms with van der Waals surface area (Å²) in [6, 6.07) is 21.3. The lowest BCUT2D eigenvalue weighted by Gasteiger charge is -2.39. The van der Waals surface area contributed by atoms with E-state index in [1.807, 2.05) is 12.1 Å². The molecule has 2 heteroatoms. The second-order valence-electron chi connectivity index (χ2n) is 6.06. The molecule has 1 fully saturated rings. The number of benzene rings is 2. The Labute approximate surface area is 120 Å². The highest BCUT2D eigenvalue weighted by molar-refractivity contribution is 5.23.